The van der Waals surface area contributed by atoms with E-state index in [0.717, 1.165) is 27.8 Å². The Morgan fingerprint density at radius 3 is 2.36 bits per heavy atom. The van der Waals surface area contributed by atoms with Crippen LogP contribution in [0.25, 0.3) is 17.2 Å². The third kappa shape index (κ3) is 7.07. The van der Waals surface area contributed by atoms with Crippen molar-refractivity contribution in [3.8, 4) is 5.75 Å². The molecule has 0 fully saturated rings. The molecule has 1 aliphatic heterocycles. The van der Waals surface area contributed by atoms with Gasteiger partial charge in [-0.05, 0) is 67.7 Å². The first-order chi connectivity index (χ1) is 18.2. The molecule has 0 bridgehead atoms. The average Bonchev–Trinajstić information content (AvgIpc) is 3.33. The molecule has 210 valence electrons. The van der Waals surface area contributed by atoms with Crippen molar-refractivity contribution in [1.82, 2.24) is 0 Å². The van der Waals surface area contributed by atoms with E-state index in [9.17, 15) is 25.9 Å². The monoisotopic (exact) mass is 575 g/mol. The Balaban J connectivity index is 1.76. The van der Waals surface area contributed by atoms with E-state index in [1.165, 1.54) is 0 Å². The number of aromatic nitrogens is 1. The van der Waals surface area contributed by atoms with E-state index in [1.54, 1.807) is 17.0 Å². The van der Waals surface area contributed by atoms with Crippen LogP contribution in [0.5, 0.6) is 5.75 Å². The highest BCUT2D eigenvalue weighted by Gasteiger charge is 2.28. The molecule has 0 saturated heterocycles. The summed E-state index contributed by atoms with van der Waals surface area (Å²) < 4.78 is 81.8. The summed E-state index contributed by atoms with van der Waals surface area (Å²) in [5.41, 5.74) is 5.88. The lowest BCUT2D eigenvalue weighted by Gasteiger charge is -2.20. The zero-order valence-electron chi connectivity index (χ0n) is 22.3. The lowest BCUT2D eigenvalue weighted by molar-refractivity contribution is -0.677. The highest BCUT2D eigenvalue weighted by molar-refractivity contribution is 7.85. The number of hydrogen-bond donors (Lipinski definition) is 0. The molecule has 0 amide bonds. The van der Waals surface area contributed by atoms with Crippen LogP contribution in [0.1, 0.15) is 42.3 Å². The molecule has 2 heterocycles. The molecular weight excluding hydrogens is 544 g/mol. The highest BCUT2D eigenvalue weighted by Crippen LogP contribution is 2.40. The van der Waals surface area contributed by atoms with Gasteiger partial charge in [0.25, 0.3) is 5.52 Å². The van der Waals surface area contributed by atoms with Crippen molar-refractivity contribution >= 4 is 43.1 Å². The Labute approximate surface area is 228 Å². The Morgan fingerprint density at radius 2 is 1.69 bits per heavy atom. The number of aryl methyl sites for hydroxylation is 4. The summed E-state index contributed by atoms with van der Waals surface area (Å²) in [6.07, 6.45) is 4.25. The third-order valence-electron chi connectivity index (χ3n) is 6.60. The largest absolute Gasteiger partial charge is 0.748 e. The number of allylic oxidation sites excluding steroid dienone is 2. The van der Waals surface area contributed by atoms with Crippen molar-refractivity contribution < 1.29 is 39.7 Å². The normalized spacial score (nSPS) is 15.3. The van der Waals surface area contributed by atoms with Gasteiger partial charge in [0.1, 0.15) is 0 Å². The quantitative estimate of drug-likeness (QED) is 0.261. The molecule has 0 atom stereocenters. The number of benzene rings is 2. The lowest BCUT2D eigenvalue weighted by atomic mass is 10.1. The van der Waals surface area contributed by atoms with Gasteiger partial charge in [-0.3, -0.25) is 0 Å². The van der Waals surface area contributed by atoms with E-state index < -0.39 is 31.7 Å². The van der Waals surface area contributed by atoms with Crippen molar-refractivity contribution in [1.29, 1.82) is 0 Å². The fraction of sp³-hybridized carbons (Fsp3) is 0.370. The van der Waals surface area contributed by atoms with Gasteiger partial charge in [0, 0.05) is 30.9 Å². The number of fused-ring (bicyclic) bond motifs is 2. The van der Waals surface area contributed by atoms with Crippen molar-refractivity contribution in [2.75, 3.05) is 23.0 Å². The minimum atomic E-state index is -4.45. The summed E-state index contributed by atoms with van der Waals surface area (Å²) in [4.78, 5) is 1.67. The number of oxazole rings is 1. The topological polar surface area (TPSA) is 144 Å². The number of nitrogens with zero attached hydrogens (tertiary/aromatic N) is 2. The second-order valence-electron chi connectivity index (χ2n) is 9.65. The van der Waals surface area contributed by atoms with E-state index in [1.807, 2.05) is 62.6 Å². The standard InChI is InChI=1S/C27H32N2O8S2/c1-5-21(17-27-29(10-12-39(33,34)35)22-13-18(2)7-8-24(22)36-27)16-26-28(9-6-11-38(30,31)32)23-14-19(3)20(4)15-25(23)37-26/h7-8,13-17H,5-6,9-12H2,1-4H3,(H-,30,31,32,33,34,35)/p-1. The fourth-order valence-electron chi connectivity index (χ4n) is 4.41. The minimum absolute atomic E-state index is 0.0715. The first-order valence-corrected chi connectivity index (χ1v) is 15.7. The van der Waals surface area contributed by atoms with Gasteiger partial charge in [-0.15, -0.1) is 0 Å². The smallest absolute Gasteiger partial charge is 0.374 e. The summed E-state index contributed by atoms with van der Waals surface area (Å²) in [6.45, 7) is 7.97. The molecule has 10 nitrogen and oxygen atoms in total. The van der Waals surface area contributed by atoms with Gasteiger partial charge in [-0.25, -0.2) is 16.8 Å². The summed E-state index contributed by atoms with van der Waals surface area (Å²) in [7, 11) is -8.81. The molecule has 0 N–H and O–H groups in total. The van der Waals surface area contributed by atoms with Gasteiger partial charge in [0.05, 0.1) is 37.8 Å². The third-order valence-corrected chi connectivity index (χ3v) is 8.07. The minimum Gasteiger partial charge on any atom is -0.748 e. The van der Waals surface area contributed by atoms with Crippen molar-refractivity contribution in [2.24, 2.45) is 0 Å². The molecule has 3 aromatic rings. The van der Waals surface area contributed by atoms with Crippen LogP contribution in [0.2, 0.25) is 0 Å². The molecule has 1 aliphatic rings. The van der Waals surface area contributed by atoms with Crippen LogP contribution in [0, 0.1) is 20.8 Å². The molecule has 4 rings (SSSR count). The van der Waals surface area contributed by atoms with Crippen LogP contribution in [0.4, 0.5) is 5.69 Å². The molecule has 39 heavy (non-hydrogen) atoms. The van der Waals surface area contributed by atoms with Gasteiger partial charge >= 0.3 is 5.89 Å². The summed E-state index contributed by atoms with van der Waals surface area (Å²) in [5, 5.41) is 0. The molecule has 12 heteroatoms. The number of anilines is 1. The predicted octanol–water partition coefficient (Wildman–Crippen LogP) is 3.66. The van der Waals surface area contributed by atoms with Gasteiger partial charge in [0.15, 0.2) is 12.3 Å². The first-order valence-electron chi connectivity index (χ1n) is 12.5. The SMILES string of the molecule is CCC(/C=C1\Oc2ccc(C)cc2N1CCS(=O)(=O)[O-])=C\c1oc2cc(C)c(C)cc2[n+]1CCCS(=O)(=O)[O-]. The Morgan fingerprint density at radius 1 is 1.00 bits per heavy atom. The van der Waals surface area contributed by atoms with E-state index in [0.29, 0.717) is 35.2 Å². The van der Waals surface area contributed by atoms with Gasteiger partial charge in [-0.1, -0.05) is 13.0 Å². The van der Waals surface area contributed by atoms with Crippen LogP contribution in [-0.4, -0.2) is 44.0 Å². The number of ether oxygens (including phenoxy) is 1. The highest BCUT2D eigenvalue weighted by atomic mass is 32.2. The van der Waals surface area contributed by atoms with Gasteiger partial charge in [-0.2, -0.15) is 4.57 Å². The molecule has 0 unspecified atom stereocenters. The van der Waals surface area contributed by atoms with Crippen LogP contribution >= 0.6 is 0 Å². The summed E-state index contributed by atoms with van der Waals surface area (Å²) >= 11 is 0. The average molecular weight is 576 g/mol. The fourth-order valence-corrected chi connectivity index (χ4v) is 5.30. The van der Waals surface area contributed by atoms with E-state index in [-0.39, 0.29) is 19.5 Å². The first kappa shape index (κ1) is 28.8. The van der Waals surface area contributed by atoms with Crippen LogP contribution in [-0.2, 0) is 26.8 Å². The van der Waals surface area contributed by atoms with Crippen LogP contribution < -0.4 is 14.2 Å². The maximum atomic E-state index is 11.4. The van der Waals surface area contributed by atoms with E-state index in [4.69, 9.17) is 9.15 Å². The number of hydrogen-bond acceptors (Lipinski definition) is 9. The van der Waals surface area contributed by atoms with Crippen LogP contribution in [0.15, 0.2) is 52.3 Å². The predicted molar refractivity (Wildman–Crippen MR) is 145 cm³/mol. The Bertz CT molecular complexity index is 1690. The van der Waals surface area contributed by atoms with E-state index >= 15 is 0 Å². The molecular formula is C27H31N2O8S2-. The molecule has 0 radical (unpaired) electrons. The molecule has 0 spiro atoms. The van der Waals surface area contributed by atoms with Crippen molar-refractivity contribution in [3.63, 3.8) is 0 Å². The second-order valence-corrected chi connectivity index (χ2v) is 12.7. The van der Waals surface area contributed by atoms with Gasteiger partial charge in [0.2, 0.25) is 11.5 Å². The molecule has 0 saturated carbocycles. The second kappa shape index (κ2) is 11.1. The van der Waals surface area contributed by atoms with Crippen LogP contribution in [0.3, 0.4) is 0 Å². The van der Waals surface area contributed by atoms with Gasteiger partial charge < -0.3 is 23.2 Å². The Kier molecular flexibility index (Phi) is 8.22. The molecule has 2 aromatic carbocycles. The Hall–Kier alpha value is -3.19. The lowest BCUT2D eigenvalue weighted by Crippen LogP contribution is -2.36. The number of rotatable bonds is 10. The van der Waals surface area contributed by atoms with E-state index in [2.05, 4.69) is 0 Å². The zero-order chi connectivity index (χ0) is 28.5. The molecule has 0 aliphatic carbocycles. The van der Waals surface area contributed by atoms with Crippen molar-refractivity contribution in [3.05, 3.63) is 70.4 Å². The van der Waals surface area contributed by atoms with Crippen molar-refractivity contribution in [2.45, 2.75) is 47.1 Å². The maximum Gasteiger partial charge on any atom is 0.374 e. The molecule has 1 aromatic heterocycles. The summed E-state index contributed by atoms with van der Waals surface area (Å²) in [6, 6.07) is 9.42. The zero-order valence-corrected chi connectivity index (χ0v) is 23.9. The summed E-state index contributed by atoms with van der Waals surface area (Å²) in [5.74, 6) is 0.311. The maximum absolute atomic E-state index is 11.4.